The maximum Gasteiger partial charge on any atom is 0.522 e. The van der Waals surface area contributed by atoms with Gasteiger partial charge in [0.1, 0.15) is 12.2 Å². The first-order valence-corrected chi connectivity index (χ1v) is 24.3. The quantitative estimate of drug-likeness (QED) is 0.132. The zero-order valence-corrected chi connectivity index (χ0v) is 41.1. The van der Waals surface area contributed by atoms with Crippen LogP contribution in [0, 0.1) is 17.8 Å². The number of amides is 1. The number of nitrogens with one attached hydrogen (secondary N) is 1. The third-order valence-electron chi connectivity index (χ3n) is 12.7. The van der Waals surface area contributed by atoms with E-state index in [1.165, 1.54) is 19.1 Å². The number of allylic oxidation sites excluding steroid dienone is 12. The van der Waals surface area contributed by atoms with E-state index in [1.54, 1.807) is 86.8 Å². The lowest BCUT2D eigenvalue weighted by Gasteiger charge is -2.46. The summed E-state index contributed by atoms with van der Waals surface area (Å²) in [7, 11) is 0. The number of ether oxygens (including phenoxy) is 5. The average Bonchev–Trinajstić information content (AvgIpc) is 3.28. The number of alkyl halides is 3. The molecule has 19 nitrogen and oxygen atoms in total. The number of aliphatic hydroxyl groups excluding tert-OH is 9. The van der Waals surface area contributed by atoms with Crippen LogP contribution in [0.2, 0.25) is 0 Å². The van der Waals surface area contributed by atoms with Crippen molar-refractivity contribution >= 4 is 11.9 Å². The molecule has 72 heavy (non-hydrogen) atoms. The minimum absolute atomic E-state index is 0.154. The first kappa shape index (κ1) is 62.6. The van der Waals surface area contributed by atoms with Gasteiger partial charge < -0.3 is 81.1 Å². The molecule has 410 valence electrons. The SMILES string of the molecule is C[C@@H]1[C@H](O)[C@@H](C)/C=C/C=C/C=C/C=C/C=C/C=C/C=C/[C@H](O[C@@H]2O[C@H](C)[C@@H](O)[C@H](N)[C@@H]2O)C[C@@H]2O[C@](O)(C[C@@H](O)C[C@@H](O)[C@H](O)CC[C@@H](O)C[C@@H](O)CC(=O)O[C@H]1C)C[C@H](O)[C@H]2C(=O)NCCOC(F)(F)F. The molecule has 0 aromatic rings. The number of hydrogen-bond donors (Lipinski definition) is 12. The number of carbonyl (C=O) groups excluding carboxylic acids is 2. The largest absolute Gasteiger partial charge is 0.522 e. The summed E-state index contributed by atoms with van der Waals surface area (Å²) in [6, 6.07) is -1.22. The molecule has 3 rings (SSSR count). The summed E-state index contributed by atoms with van der Waals surface area (Å²) in [4.78, 5) is 26.2. The fourth-order valence-electron chi connectivity index (χ4n) is 8.45. The third kappa shape index (κ3) is 22.0. The van der Waals surface area contributed by atoms with Crippen molar-refractivity contribution in [1.82, 2.24) is 5.32 Å². The zero-order valence-electron chi connectivity index (χ0n) is 41.1. The molecule has 0 aliphatic carbocycles. The number of nitrogens with two attached hydrogens (primary N) is 1. The monoisotopic (exact) mass is 1030 g/mol. The molecule has 3 aliphatic rings. The van der Waals surface area contributed by atoms with E-state index >= 15 is 0 Å². The Labute approximate surface area is 418 Å². The number of rotatable bonds is 6. The lowest BCUT2D eigenvalue weighted by Crippen LogP contribution is -2.62. The fourth-order valence-corrected chi connectivity index (χ4v) is 8.45. The maximum atomic E-state index is 13.6. The summed E-state index contributed by atoms with van der Waals surface area (Å²) in [6.45, 7) is 5.03. The Balaban J connectivity index is 1.94. The summed E-state index contributed by atoms with van der Waals surface area (Å²) < 4.78 is 65.2. The van der Waals surface area contributed by atoms with E-state index in [0.29, 0.717) is 0 Å². The van der Waals surface area contributed by atoms with Gasteiger partial charge in [0, 0.05) is 44.1 Å². The molecule has 0 aromatic carbocycles. The van der Waals surface area contributed by atoms with Gasteiger partial charge in [-0.05, 0) is 33.1 Å². The fraction of sp³-hybridized carbons (Fsp3) is 0.680. The van der Waals surface area contributed by atoms with Crippen LogP contribution in [0.1, 0.15) is 79.1 Å². The highest BCUT2D eigenvalue weighted by molar-refractivity contribution is 5.80. The second-order valence-corrected chi connectivity index (χ2v) is 18.8. The number of hydrogen-bond acceptors (Lipinski definition) is 18. The van der Waals surface area contributed by atoms with Crippen LogP contribution in [-0.2, 0) is 33.3 Å². The molecule has 2 bridgehead atoms. The smallest absolute Gasteiger partial charge is 0.462 e. The van der Waals surface area contributed by atoms with Crippen molar-refractivity contribution in [1.29, 1.82) is 0 Å². The van der Waals surface area contributed by atoms with Gasteiger partial charge in [0.2, 0.25) is 5.91 Å². The van der Waals surface area contributed by atoms with Crippen LogP contribution in [0.15, 0.2) is 85.1 Å². The molecule has 3 aliphatic heterocycles. The summed E-state index contributed by atoms with van der Waals surface area (Å²) in [5.41, 5.74) is 6.05. The van der Waals surface area contributed by atoms with Gasteiger partial charge in [-0.25, -0.2) is 0 Å². The summed E-state index contributed by atoms with van der Waals surface area (Å²) in [6.07, 6.45) is -3.40. The molecule has 1 amide bonds. The minimum Gasteiger partial charge on any atom is -0.462 e. The van der Waals surface area contributed by atoms with Crippen molar-refractivity contribution in [3.63, 3.8) is 0 Å². The van der Waals surface area contributed by atoms with Crippen molar-refractivity contribution in [3.05, 3.63) is 85.1 Å². The Morgan fingerprint density at radius 3 is 1.90 bits per heavy atom. The van der Waals surface area contributed by atoms with Crippen LogP contribution in [0.4, 0.5) is 13.2 Å². The Morgan fingerprint density at radius 2 is 1.31 bits per heavy atom. The highest BCUT2D eigenvalue weighted by atomic mass is 19.4. The van der Waals surface area contributed by atoms with Crippen LogP contribution in [0.5, 0.6) is 0 Å². The van der Waals surface area contributed by atoms with Crippen LogP contribution in [-0.4, -0.2) is 180 Å². The van der Waals surface area contributed by atoms with E-state index in [9.17, 15) is 73.8 Å². The normalized spacial score (nSPS) is 42.4. The first-order valence-electron chi connectivity index (χ1n) is 24.3. The van der Waals surface area contributed by atoms with Gasteiger partial charge in [0.15, 0.2) is 12.1 Å². The van der Waals surface area contributed by atoms with Crippen LogP contribution in [0.25, 0.3) is 0 Å². The Bertz CT molecular complexity index is 1850. The second-order valence-electron chi connectivity index (χ2n) is 18.8. The molecule has 3 heterocycles. The maximum absolute atomic E-state index is 13.6. The van der Waals surface area contributed by atoms with E-state index in [0.717, 1.165) is 0 Å². The standard InChI is InChI=1S/C50H77F3N2O17/c1-29-17-15-13-11-9-7-5-6-8-10-12-14-16-18-36(71-48-46(65)43(54)45(64)32(4)70-48)26-40-42(47(66)55-21-22-68-50(51,52)53)39(61)28-49(67,72-40)27-35(58)24-38(60)37(59)20-19-33(56)23-34(57)25-41(62)69-31(3)30(2)44(29)63/h5-18,29-40,42-46,48,56-61,63-65,67H,19-28,54H2,1-4H3,(H,55,66)/b6-5+,9-7+,10-8+,13-11+,14-12+,17-15+,18-16+/t29-,30-,31-,32+,33+,34+,35-,36-,37+,38+,39-,40-,42+,43-,44+,45+,46-,48-,49+/m0/s1. The Morgan fingerprint density at radius 1 is 0.722 bits per heavy atom. The summed E-state index contributed by atoms with van der Waals surface area (Å²) >= 11 is 0. The topological polar surface area (TPSA) is 321 Å². The molecular weight excluding hydrogens is 958 g/mol. The molecule has 19 atom stereocenters. The molecular formula is C50H77F3N2O17. The van der Waals surface area contributed by atoms with Crippen molar-refractivity contribution in [2.24, 2.45) is 23.5 Å². The molecule has 0 radical (unpaired) electrons. The van der Waals surface area contributed by atoms with E-state index in [4.69, 9.17) is 24.7 Å². The van der Waals surface area contributed by atoms with E-state index in [2.05, 4.69) is 10.1 Å². The van der Waals surface area contributed by atoms with Crippen molar-refractivity contribution in [2.45, 2.75) is 183 Å². The number of aliphatic hydroxyl groups is 10. The zero-order chi connectivity index (χ0) is 53.8. The molecule has 2 fully saturated rings. The lowest BCUT2D eigenvalue weighted by atomic mass is 9.82. The molecule has 0 unspecified atom stereocenters. The van der Waals surface area contributed by atoms with E-state index in [-0.39, 0.29) is 25.2 Å². The Hall–Kier alpha value is -3.69. The predicted octanol–water partition coefficient (Wildman–Crippen LogP) is 1.28. The van der Waals surface area contributed by atoms with Crippen molar-refractivity contribution < 1.29 is 97.5 Å². The third-order valence-corrected chi connectivity index (χ3v) is 12.7. The number of esters is 1. The Kier molecular flexibility index (Phi) is 26.6. The van der Waals surface area contributed by atoms with Gasteiger partial charge in [-0.15, -0.1) is 13.2 Å². The van der Waals surface area contributed by atoms with Gasteiger partial charge in [0.25, 0.3) is 0 Å². The second kappa shape index (κ2) is 30.6. The molecule has 0 spiro atoms. The molecule has 0 aromatic heterocycles. The highest BCUT2D eigenvalue weighted by Crippen LogP contribution is 2.38. The van der Waals surface area contributed by atoms with Crippen LogP contribution >= 0.6 is 0 Å². The summed E-state index contributed by atoms with van der Waals surface area (Å²) in [5.74, 6) is -6.56. The van der Waals surface area contributed by atoms with Crippen molar-refractivity contribution in [3.8, 4) is 0 Å². The average molecular weight is 1040 g/mol. The van der Waals surface area contributed by atoms with E-state index in [1.807, 2.05) is 6.92 Å². The van der Waals surface area contributed by atoms with Crippen molar-refractivity contribution in [2.75, 3.05) is 13.2 Å². The molecule has 2 saturated heterocycles. The molecule has 0 saturated carbocycles. The number of cyclic esters (lactones) is 1. The predicted molar refractivity (Wildman–Crippen MR) is 254 cm³/mol. The van der Waals surface area contributed by atoms with Gasteiger partial charge in [0.05, 0.1) is 92.1 Å². The number of fused-ring (bicyclic) bond motifs is 2. The first-order chi connectivity index (χ1) is 33.8. The number of carbonyl (C=O) groups is 2. The van der Waals surface area contributed by atoms with Gasteiger partial charge >= 0.3 is 12.3 Å². The van der Waals surface area contributed by atoms with Crippen LogP contribution in [0.3, 0.4) is 0 Å². The summed E-state index contributed by atoms with van der Waals surface area (Å²) in [5, 5.41) is 112. The van der Waals surface area contributed by atoms with Gasteiger partial charge in [-0.3, -0.25) is 14.3 Å². The van der Waals surface area contributed by atoms with Gasteiger partial charge in [-0.1, -0.05) is 98.9 Å². The van der Waals surface area contributed by atoms with E-state index < -0.39 is 173 Å². The van der Waals surface area contributed by atoms with Crippen LogP contribution < -0.4 is 11.1 Å². The molecule has 22 heteroatoms. The minimum atomic E-state index is -4.99. The lowest BCUT2D eigenvalue weighted by molar-refractivity contribution is -0.324. The van der Waals surface area contributed by atoms with Gasteiger partial charge in [-0.2, -0.15) is 0 Å². The molecule has 13 N–H and O–H groups in total. The highest BCUT2D eigenvalue weighted by Gasteiger charge is 2.51. The number of halogens is 3.